The Morgan fingerprint density at radius 2 is 1.85 bits per heavy atom. The molecule has 0 unspecified atom stereocenters. The van der Waals surface area contributed by atoms with Gasteiger partial charge >= 0.3 is 11.7 Å². The van der Waals surface area contributed by atoms with Gasteiger partial charge in [0.05, 0.1) is 17.2 Å². The molecule has 0 bridgehead atoms. The highest BCUT2D eigenvalue weighted by Gasteiger charge is 2.22. The molecule has 4 rings (SSSR count). The van der Waals surface area contributed by atoms with Crippen LogP contribution in [0, 0.1) is 24.0 Å². The number of ether oxygens (including phenoxy) is 1. The molecule has 39 heavy (non-hydrogen) atoms. The first-order chi connectivity index (χ1) is 18.6. The van der Waals surface area contributed by atoms with Crippen LogP contribution in [0.5, 0.6) is 5.75 Å². The summed E-state index contributed by atoms with van der Waals surface area (Å²) < 4.78 is 12.3. The Balaban J connectivity index is 1.40. The zero-order valence-electron chi connectivity index (χ0n) is 21.4. The van der Waals surface area contributed by atoms with E-state index in [0.29, 0.717) is 39.7 Å². The van der Waals surface area contributed by atoms with E-state index in [1.807, 2.05) is 0 Å². The number of nitro groups is 1. The molecule has 0 radical (unpaired) electrons. The van der Waals surface area contributed by atoms with Crippen molar-refractivity contribution in [3.8, 4) is 5.75 Å². The van der Waals surface area contributed by atoms with Crippen LogP contribution in [0.4, 0.5) is 5.69 Å². The summed E-state index contributed by atoms with van der Waals surface area (Å²) in [5.41, 5.74) is 5.55. The molecule has 0 atom stereocenters. The van der Waals surface area contributed by atoms with Gasteiger partial charge in [-0.15, -0.1) is 0 Å². The number of aryl methyl sites for hydroxylation is 1. The number of nitrogens with one attached hydrogen (secondary N) is 1. The van der Waals surface area contributed by atoms with Gasteiger partial charge in [-0.25, -0.2) is 10.2 Å². The Morgan fingerprint density at radius 1 is 1.13 bits per heavy atom. The third-order valence-corrected chi connectivity index (χ3v) is 5.96. The lowest BCUT2D eigenvalue weighted by molar-refractivity contribution is -0.386. The van der Waals surface area contributed by atoms with Crippen molar-refractivity contribution in [1.82, 2.24) is 15.2 Å². The first-order valence-corrected chi connectivity index (χ1v) is 11.8. The average molecular weight is 532 g/mol. The van der Waals surface area contributed by atoms with E-state index in [9.17, 15) is 19.7 Å². The SMILES string of the molecule is C/C(=N\NC(=O)c1ccccc1Cn1nc(C)c([N+](=O)[O-])c1C)c1ccc(OCc2ccc(C(=O)O)o2)cc1. The van der Waals surface area contributed by atoms with Gasteiger partial charge in [-0.3, -0.25) is 19.6 Å². The number of hydrogen-bond donors (Lipinski definition) is 2. The summed E-state index contributed by atoms with van der Waals surface area (Å²) in [4.78, 5) is 34.7. The van der Waals surface area contributed by atoms with Crippen LogP contribution in [0.2, 0.25) is 0 Å². The lowest BCUT2D eigenvalue weighted by Gasteiger charge is -2.10. The summed E-state index contributed by atoms with van der Waals surface area (Å²) >= 11 is 0. The van der Waals surface area contributed by atoms with E-state index in [1.54, 1.807) is 69.3 Å². The Labute approximate surface area is 222 Å². The highest BCUT2D eigenvalue weighted by atomic mass is 16.6. The predicted octanol–water partition coefficient (Wildman–Crippen LogP) is 4.48. The van der Waals surface area contributed by atoms with Crippen molar-refractivity contribution < 1.29 is 28.8 Å². The topological polar surface area (TPSA) is 162 Å². The van der Waals surface area contributed by atoms with Gasteiger partial charge in [-0.2, -0.15) is 10.2 Å². The first-order valence-electron chi connectivity index (χ1n) is 11.8. The predicted molar refractivity (Wildman–Crippen MR) is 140 cm³/mol. The minimum atomic E-state index is -1.15. The van der Waals surface area contributed by atoms with Crippen LogP contribution in [0.1, 0.15) is 56.1 Å². The van der Waals surface area contributed by atoms with E-state index in [0.717, 1.165) is 5.56 Å². The quantitative estimate of drug-likeness (QED) is 0.172. The van der Waals surface area contributed by atoms with E-state index >= 15 is 0 Å². The number of amides is 1. The van der Waals surface area contributed by atoms with E-state index in [2.05, 4.69) is 15.6 Å². The van der Waals surface area contributed by atoms with Crippen molar-refractivity contribution in [3.05, 3.63) is 110 Å². The third-order valence-electron chi connectivity index (χ3n) is 5.96. The molecule has 2 N–H and O–H groups in total. The Hall–Kier alpha value is -5.26. The summed E-state index contributed by atoms with van der Waals surface area (Å²) in [5.74, 6) is -0.808. The van der Waals surface area contributed by atoms with Gasteiger partial charge < -0.3 is 14.3 Å². The van der Waals surface area contributed by atoms with Crippen LogP contribution < -0.4 is 10.2 Å². The van der Waals surface area contributed by atoms with Gasteiger partial charge in [0, 0.05) is 5.56 Å². The molecule has 12 heteroatoms. The average Bonchev–Trinajstić information content (AvgIpc) is 3.50. The minimum absolute atomic E-state index is 0.0399. The summed E-state index contributed by atoms with van der Waals surface area (Å²) in [5, 5.41) is 28.7. The summed E-state index contributed by atoms with van der Waals surface area (Å²) in [7, 11) is 0. The first kappa shape index (κ1) is 26.8. The van der Waals surface area contributed by atoms with Crippen LogP contribution in [-0.4, -0.2) is 37.4 Å². The number of carboxylic acid groups (broad SMARTS) is 1. The van der Waals surface area contributed by atoms with Gasteiger partial charge in [0.2, 0.25) is 5.76 Å². The fraction of sp³-hybridized carbons (Fsp3) is 0.185. The zero-order valence-corrected chi connectivity index (χ0v) is 21.4. The van der Waals surface area contributed by atoms with Crippen molar-refractivity contribution >= 4 is 23.3 Å². The molecule has 2 aromatic heterocycles. The molecular formula is C27H25N5O7. The standard InChI is InChI=1S/C27H25N5O7/c1-16(19-8-10-21(11-9-19)38-15-22-12-13-24(39-22)27(34)35)28-29-26(33)23-7-5-4-6-20(23)14-31-18(3)25(32(36)37)17(2)30-31/h4-13H,14-15H2,1-3H3,(H,29,33)(H,34,35)/b28-16+. The van der Waals surface area contributed by atoms with Crippen molar-refractivity contribution in [2.24, 2.45) is 5.10 Å². The second-order valence-corrected chi connectivity index (χ2v) is 8.61. The fourth-order valence-corrected chi connectivity index (χ4v) is 3.92. The molecule has 0 aliphatic rings. The normalized spacial score (nSPS) is 11.3. The number of aromatic carboxylic acids is 1. The van der Waals surface area contributed by atoms with E-state index in [-0.39, 0.29) is 24.6 Å². The van der Waals surface area contributed by atoms with Crippen molar-refractivity contribution in [2.75, 3.05) is 0 Å². The molecule has 0 fully saturated rings. The number of carboxylic acids is 1. The van der Waals surface area contributed by atoms with Gasteiger partial charge in [-0.05, 0) is 74.4 Å². The monoisotopic (exact) mass is 531 g/mol. The van der Waals surface area contributed by atoms with Gasteiger partial charge in [0.15, 0.2) is 0 Å². The molecule has 0 saturated carbocycles. The van der Waals surface area contributed by atoms with Gasteiger partial charge in [0.1, 0.15) is 29.5 Å². The Morgan fingerprint density at radius 3 is 2.49 bits per heavy atom. The van der Waals surface area contributed by atoms with E-state index in [4.69, 9.17) is 14.3 Å². The number of hydrazone groups is 1. The maximum Gasteiger partial charge on any atom is 0.371 e. The maximum absolute atomic E-state index is 13.0. The van der Waals surface area contributed by atoms with E-state index in [1.165, 1.54) is 16.8 Å². The smallest absolute Gasteiger partial charge is 0.371 e. The van der Waals surface area contributed by atoms with Crippen LogP contribution in [0.25, 0.3) is 0 Å². The lowest BCUT2D eigenvalue weighted by atomic mass is 10.1. The van der Waals surface area contributed by atoms with E-state index < -0.39 is 16.8 Å². The number of rotatable bonds is 10. The number of furan rings is 1. The molecule has 12 nitrogen and oxygen atoms in total. The molecule has 2 aromatic carbocycles. The van der Waals surface area contributed by atoms with Crippen molar-refractivity contribution in [1.29, 1.82) is 0 Å². The lowest BCUT2D eigenvalue weighted by Crippen LogP contribution is -2.21. The molecule has 1 amide bonds. The molecule has 4 aromatic rings. The Kier molecular flexibility index (Phi) is 7.85. The number of aromatic nitrogens is 2. The molecular weight excluding hydrogens is 506 g/mol. The van der Waals surface area contributed by atoms with Crippen LogP contribution in [-0.2, 0) is 13.2 Å². The summed E-state index contributed by atoms with van der Waals surface area (Å²) in [6.45, 7) is 5.20. The second-order valence-electron chi connectivity index (χ2n) is 8.61. The third kappa shape index (κ3) is 6.18. The van der Waals surface area contributed by atoms with Crippen LogP contribution >= 0.6 is 0 Å². The highest BCUT2D eigenvalue weighted by Crippen LogP contribution is 2.23. The van der Waals surface area contributed by atoms with Crippen LogP contribution in [0.3, 0.4) is 0 Å². The minimum Gasteiger partial charge on any atom is -0.486 e. The van der Waals surface area contributed by atoms with Gasteiger partial charge in [-0.1, -0.05) is 18.2 Å². The molecule has 0 saturated heterocycles. The number of benzene rings is 2. The molecule has 200 valence electrons. The van der Waals surface area contributed by atoms with Crippen LogP contribution in [0.15, 0.2) is 70.2 Å². The molecule has 0 aliphatic heterocycles. The zero-order chi connectivity index (χ0) is 28.1. The number of hydrogen-bond acceptors (Lipinski definition) is 8. The molecule has 0 aliphatic carbocycles. The second kappa shape index (κ2) is 11.4. The largest absolute Gasteiger partial charge is 0.486 e. The number of carbonyl (C=O) groups is 2. The van der Waals surface area contributed by atoms with Crippen molar-refractivity contribution in [2.45, 2.75) is 33.9 Å². The van der Waals surface area contributed by atoms with Gasteiger partial charge in [0.25, 0.3) is 5.91 Å². The fourth-order valence-electron chi connectivity index (χ4n) is 3.92. The number of carbonyl (C=O) groups excluding carboxylic acids is 1. The molecule has 2 heterocycles. The number of nitrogens with zero attached hydrogens (tertiary/aromatic N) is 4. The summed E-state index contributed by atoms with van der Waals surface area (Å²) in [6.07, 6.45) is 0. The Bertz CT molecular complexity index is 1570. The summed E-state index contributed by atoms with van der Waals surface area (Å²) in [6, 6.07) is 16.8. The molecule has 0 spiro atoms. The van der Waals surface area contributed by atoms with Crippen molar-refractivity contribution in [3.63, 3.8) is 0 Å². The maximum atomic E-state index is 13.0. The highest BCUT2D eigenvalue weighted by molar-refractivity contribution is 6.01.